The molecule has 1 atom stereocenters. The highest BCUT2D eigenvalue weighted by Crippen LogP contribution is 2.31. The molecule has 0 fully saturated rings. The quantitative estimate of drug-likeness (QED) is 0.632. The number of carboxylic acids is 1. The molecule has 3 heteroatoms. The van der Waals surface area contributed by atoms with Crippen molar-refractivity contribution in [3.05, 3.63) is 23.5 Å². The molecule has 0 radical (unpaired) electrons. The van der Waals surface area contributed by atoms with E-state index in [4.69, 9.17) is 5.11 Å². The Morgan fingerprint density at radius 2 is 2.55 bits per heavy atom. The lowest BCUT2D eigenvalue weighted by Crippen LogP contribution is -2.06. The number of fused-ring (bicyclic) bond motifs is 1. The SMILES string of the molecule is O=C(O)C1CCc2[nH]ccc21. The van der Waals surface area contributed by atoms with E-state index >= 15 is 0 Å². The largest absolute Gasteiger partial charge is 0.481 e. The maximum absolute atomic E-state index is 10.6. The highest BCUT2D eigenvalue weighted by Gasteiger charge is 2.28. The monoisotopic (exact) mass is 151 g/mol. The van der Waals surface area contributed by atoms with Crippen molar-refractivity contribution in [1.29, 1.82) is 0 Å². The minimum absolute atomic E-state index is 0.267. The van der Waals surface area contributed by atoms with Gasteiger partial charge in [-0.1, -0.05) is 0 Å². The Balaban J connectivity index is 2.38. The number of aliphatic carboxylic acids is 1. The molecule has 0 saturated carbocycles. The summed E-state index contributed by atoms with van der Waals surface area (Å²) in [5.41, 5.74) is 2.06. The van der Waals surface area contributed by atoms with Crippen molar-refractivity contribution in [2.45, 2.75) is 18.8 Å². The average molecular weight is 151 g/mol. The van der Waals surface area contributed by atoms with E-state index in [2.05, 4.69) is 4.98 Å². The summed E-state index contributed by atoms with van der Waals surface area (Å²) in [5, 5.41) is 8.76. The minimum Gasteiger partial charge on any atom is -0.481 e. The fourth-order valence-electron chi connectivity index (χ4n) is 1.66. The van der Waals surface area contributed by atoms with Gasteiger partial charge in [0.15, 0.2) is 0 Å². The number of hydrogen-bond donors (Lipinski definition) is 2. The van der Waals surface area contributed by atoms with Crippen molar-refractivity contribution >= 4 is 5.97 Å². The van der Waals surface area contributed by atoms with Crippen molar-refractivity contribution in [3.63, 3.8) is 0 Å². The smallest absolute Gasteiger partial charge is 0.311 e. The molecule has 2 N–H and O–H groups in total. The van der Waals surface area contributed by atoms with Crippen LogP contribution in [-0.4, -0.2) is 16.1 Å². The zero-order valence-electron chi connectivity index (χ0n) is 6.00. The second-order valence-electron chi connectivity index (χ2n) is 2.84. The van der Waals surface area contributed by atoms with E-state index in [1.807, 2.05) is 6.07 Å². The molecule has 0 aliphatic heterocycles. The fraction of sp³-hybridized carbons (Fsp3) is 0.375. The molecule has 0 spiro atoms. The zero-order valence-corrected chi connectivity index (χ0v) is 6.00. The summed E-state index contributed by atoms with van der Waals surface area (Å²) in [4.78, 5) is 13.7. The average Bonchev–Trinajstić information content (AvgIpc) is 2.41. The van der Waals surface area contributed by atoms with Gasteiger partial charge in [0.2, 0.25) is 0 Å². The van der Waals surface area contributed by atoms with Crippen LogP contribution in [-0.2, 0) is 11.2 Å². The highest BCUT2D eigenvalue weighted by atomic mass is 16.4. The number of aromatic amines is 1. The van der Waals surface area contributed by atoms with E-state index in [1.165, 1.54) is 0 Å². The van der Waals surface area contributed by atoms with Crippen molar-refractivity contribution in [3.8, 4) is 0 Å². The Morgan fingerprint density at radius 1 is 1.73 bits per heavy atom. The molecule has 3 nitrogen and oxygen atoms in total. The predicted octanol–water partition coefficient (Wildman–Crippen LogP) is 1.13. The number of aryl methyl sites for hydroxylation is 1. The second-order valence-corrected chi connectivity index (χ2v) is 2.84. The van der Waals surface area contributed by atoms with Gasteiger partial charge in [-0.3, -0.25) is 4.79 Å². The normalized spacial score (nSPS) is 21.6. The summed E-state index contributed by atoms with van der Waals surface area (Å²) in [6.07, 6.45) is 3.43. The molecule has 1 aromatic heterocycles. The van der Waals surface area contributed by atoms with Crippen LogP contribution >= 0.6 is 0 Å². The molecule has 1 aliphatic carbocycles. The summed E-state index contributed by atoms with van der Waals surface area (Å²) in [7, 11) is 0. The highest BCUT2D eigenvalue weighted by molar-refractivity contribution is 5.77. The van der Waals surface area contributed by atoms with Gasteiger partial charge in [0.1, 0.15) is 0 Å². The lowest BCUT2D eigenvalue weighted by atomic mass is 10.1. The summed E-state index contributed by atoms with van der Waals surface area (Å²) >= 11 is 0. The van der Waals surface area contributed by atoms with Gasteiger partial charge in [0.05, 0.1) is 5.92 Å². The van der Waals surface area contributed by atoms with Gasteiger partial charge in [-0.25, -0.2) is 0 Å². The van der Waals surface area contributed by atoms with E-state index in [9.17, 15) is 4.79 Å². The topological polar surface area (TPSA) is 53.1 Å². The summed E-state index contributed by atoms with van der Waals surface area (Å²) in [5.74, 6) is -0.973. The maximum Gasteiger partial charge on any atom is 0.311 e. The summed E-state index contributed by atoms with van der Waals surface area (Å²) in [6.45, 7) is 0. The Labute approximate surface area is 64.1 Å². The number of rotatable bonds is 1. The number of aromatic nitrogens is 1. The second kappa shape index (κ2) is 2.12. The molecular weight excluding hydrogens is 142 g/mol. The predicted molar refractivity (Wildman–Crippen MR) is 39.5 cm³/mol. The number of H-pyrrole nitrogens is 1. The molecule has 0 bridgehead atoms. The van der Waals surface area contributed by atoms with Gasteiger partial charge in [-0.15, -0.1) is 0 Å². The number of hydrogen-bond acceptors (Lipinski definition) is 1. The lowest BCUT2D eigenvalue weighted by Gasteiger charge is -2.00. The Hall–Kier alpha value is -1.25. The van der Waals surface area contributed by atoms with E-state index in [1.54, 1.807) is 6.20 Å². The molecule has 0 amide bonds. The summed E-state index contributed by atoms with van der Waals surface area (Å²) < 4.78 is 0. The Morgan fingerprint density at radius 3 is 3.27 bits per heavy atom. The van der Waals surface area contributed by atoms with Crippen LogP contribution in [0.5, 0.6) is 0 Å². The Bertz CT molecular complexity index is 290. The van der Waals surface area contributed by atoms with Gasteiger partial charge >= 0.3 is 5.97 Å². The van der Waals surface area contributed by atoms with Crippen LogP contribution in [0.15, 0.2) is 12.3 Å². The molecule has 11 heavy (non-hydrogen) atoms. The standard InChI is InChI=1S/C8H9NO2/c10-8(11)6-1-2-7-5(6)3-4-9-7/h3-4,6,9H,1-2H2,(H,10,11). The van der Waals surface area contributed by atoms with E-state index in [0.717, 1.165) is 24.1 Å². The van der Waals surface area contributed by atoms with Crippen LogP contribution in [0, 0.1) is 0 Å². The van der Waals surface area contributed by atoms with E-state index in [0.29, 0.717) is 0 Å². The van der Waals surface area contributed by atoms with Crippen LogP contribution in [0.4, 0.5) is 0 Å². The van der Waals surface area contributed by atoms with Gasteiger partial charge < -0.3 is 10.1 Å². The van der Waals surface area contributed by atoms with Crippen LogP contribution in [0.2, 0.25) is 0 Å². The van der Waals surface area contributed by atoms with Gasteiger partial charge in [-0.2, -0.15) is 0 Å². The molecule has 2 rings (SSSR count). The van der Waals surface area contributed by atoms with E-state index in [-0.39, 0.29) is 5.92 Å². The van der Waals surface area contributed by atoms with Gasteiger partial charge in [-0.05, 0) is 24.5 Å². The van der Waals surface area contributed by atoms with Crippen molar-refractivity contribution < 1.29 is 9.90 Å². The third kappa shape index (κ3) is 0.843. The first-order chi connectivity index (χ1) is 5.29. The summed E-state index contributed by atoms with van der Waals surface area (Å²) in [6, 6.07) is 1.86. The molecule has 1 unspecified atom stereocenters. The molecule has 0 aromatic carbocycles. The van der Waals surface area contributed by atoms with E-state index < -0.39 is 5.97 Å². The third-order valence-corrected chi connectivity index (χ3v) is 2.23. The minimum atomic E-state index is -0.705. The van der Waals surface area contributed by atoms with Crippen LogP contribution < -0.4 is 0 Å². The van der Waals surface area contributed by atoms with Crippen LogP contribution in [0.1, 0.15) is 23.6 Å². The van der Waals surface area contributed by atoms with Crippen molar-refractivity contribution in [2.24, 2.45) is 0 Å². The third-order valence-electron chi connectivity index (χ3n) is 2.23. The molecule has 1 aromatic rings. The molecule has 0 saturated heterocycles. The maximum atomic E-state index is 10.6. The first-order valence-corrected chi connectivity index (χ1v) is 3.68. The van der Waals surface area contributed by atoms with Crippen molar-refractivity contribution in [1.82, 2.24) is 4.98 Å². The van der Waals surface area contributed by atoms with Gasteiger partial charge in [0, 0.05) is 11.9 Å². The fourth-order valence-corrected chi connectivity index (χ4v) is 1.66. The first-order valence-electron chi connectivity index (χ1n) is 3.68. The molecule has 1 aliphatic rings. The number of carboxylic acid groups (broad SMARTS) is 1. The van der Waals surface area contributed by atoms with Crippen LogP contribution in [0.3, 0.4) is 0 Å². The molecular formula is C8H9NO2. The molecule has 58 valence electrons. The van der Waals surface area contributed by atoms with Crippen LogP contribution in [0.25, 0.3) is 0 Å². The van der Waals surface area contributed by atoms with Gasteiger partial charge in [0.25, 0.3) is 0 Å². The molecule has 1 heterocycles. The lowest BCUT2D eigenvalue weighted by molar-refractivity contribution is -0.138. The number of carbonyl (C=O) groups is 1. The Kier molecular flexibility index (Phi) is 1.24. The first kappa shape index (κ1) is 6.46. The zero-order chi connectivity index (χ0) is 7.84. The number of nitrogens with one attached hydrogen (secondary N) is 1. The van der Waals surface area contributed by atoms with Crippen molar-refractivity contribution in [2.75, 3.05) is 0 Å².